The number of allylic oxidation sites excluding steroid dienone is 1. The van der Waals surface area contributed by atoms with E-state index in [9.17, 15) is 19.7 Å². The van der Waals surface area contributed by atoms with E-state index in [1.54, 1.807) is 25.1 Å². The van der Waals surface area contributed by atoms with Crippen LogP contribution in [-0.4, -0.2) is 30.6 Å². The second-order valence-corrected chi connectivity index (χ2v) is 4.28. The van der Waals surface area contributed by atoms with E-state index in [1.807, 2.05) is 0 Å². The van der Waals surface area contributed by atoms with Gasteiger partial charge < -0.3 is 9.47 Å². The lowest BCUT2D eigenvalue weighted by Gasteiger charge is -2.11. The molecule has 0 fully saturated rings. The average molecular weight is 307 g/mol. The molecule has 1 aromatic carbocycles. The first-order valence-corrected chi connectivity index (χ1v) is 6.65. The summed E-state index contributed by atoms with van der Waals surface area (Å²) in [6.45, 7) is 1.79. The van der Waals surface area contributed by atoms with Crippen LogP contribution in [0.4, 0.5) is 5.69 Å². The lowest BCUT2D eigenvalue weighted by molar-refractivity contribution is -0.385. The molecule has 0 aliphatic heterocycles. The summed E-state index contributed by atoms with van der Waals surface area (Å²) in [5.41, 5.74) is 0.337. The molecule has 7 nitrogen and oxygen atoms in total. The summed E-state index contributed by atoms with van der Waals surface area (Å²) in [5, 5.41) is 10.9. The van der Waals surface area contributed by atoms with Crippen LogP contribution in [0.2, 0.25) is 0 Å². The Morgan fingerprint density at radius 2 is 2.00 bits per heavy atom. The number of benzene rings is 1. The second-order valence-electron chi connectivity index (χ2n) is 4.28. The topological polar surface area (TPSA) is 95.7 Å². The van der Waals surface area contributed by atoms with E-state index < -0.39 is 22.8 Å². The zero-order valence-electron chi connectivity index (χ0n) is 12.4. The van der Waals surface area contributed by atoms with Gasteiger partial charge in [-0.15, -0.1) is 0 Å². The summed E-state index contributed by atoms with van der Waals surface area (Å²) in [7, 11) is 1.18. The van der Waals surface area contributed by atoms with Crippen LogP contribution in [-0.2, 0) is 19.1 Å². The second kappa shape index (κ2) is 8.56. The van der Waals surface area contributed by atoms with E-state index in [0.717, 1.165) is 0 Å². The molecule has 1 atom stereocenters. The van der Waals surface area contributed by atoms with Gasteiger partial charge in [0.15, 0.2) is 5.92 Å². The maximum absolute atomic E-state index is 11.7. The molecule has 118 valence electrons. The van der Waals surface area contributed by atoms with E-state index in [-0.39, 0.29) is 18.7 Å². The van der Waals surface area contributed by atoms with E-state index in [1.165, 1.54) is 25.3 Å². The Morgan fingerprint density at radius 3 is 2.59 bits per heavy atom. The highest BCUT2D eigenvalue weighted by Crippen LogP contribution is 2.20. The smallest absolute Gasteiger partial charge is 0.320 e. The Kier molecular flexibility index (Phi) is 6.75. The first-order chi connectivity index (χ1) is 10.5. The Hall–Kier alpha value is -2.70. The van der Waals surface area contributed by atoms with E-state index >= 15 is 0 Å². The normalized spacial score (nSPS) is 11.9. The molecule has 22 heavy (non-hydrogen) atoms. The highest BCUT2D eigenvalue weighted by molar-refractivity contribution is 5.95. The quantitative estimate of drug-likeness (QED) is 0.332. The Bertz CT molecular complexity index is 581. The highest BCUT2D eigenvalue weighted by atomic mass is 16.6. The number of esters is 2. The average Bonchev–Trinajstić information content (AvgIpc) is 2.51. The molecule has 0 aliphatic carbocycles. The van der Waals surface area contributed by atoms with Crippen molar-refractivity contribution in [3.63, 3.8) is 0 Å². The van der Waals surface area contributed by atoms with Crippen molar-refractivity contribution in [2.24, 2.45) is 5.92 Å². The summed E-state index contributed by atoms with van der Waals surface area (Å²) in [4.78, 5) is 33.7. The predicted molar refractivity (Wildman–Crippen MR) is 78.9 cm³/mol. The molecule has 0 saturated carbocycles. The van der Waals surface area contributed by atoms with Crippen LogP contribution < -0.4 is 0 Å². The summed E-state index contributed by atoms with van der Waals surface area (Å²) in [5.74, 6) is -2.46. The number of para-hydroxylation sites is 1. The van der Waals surface area contributed by atoms with Crippen molar-refractivity contribution < 1.29 is 24.0 Å². The number of rotatable bonds is 7. The molecule has 0 aromatic heterocycles. The third-order valence-corrected chi connectivity index (χ3v) is 2.86. The monoisotopic (exact) mass is 307 g/mol. The SMILES string of the molecule is CCOC(=O)C(C/C=C/c1ccccc1[N+](=O)[O-])C(=O)OC. The molecule has 0 bridgehead atoms. The summed E-state index contributed by atoms with van der Waals surface area (Å²) >= 11 is 0. The van der Waals surface area contributed by atoms with Crippen molar-refractivity contribution in [2.75, 3.05) is 13.7 Å². The number of carbonyl (C=O) groups excluding carboxylic acids is 2. The fraction of sp³-hybridized carbons (Fsp3) is 0.333. The predicted octanol–water partition coefficient (Wildman–Crippen LogP) is 2.35. The molecule has 1 unspecified atom stereocenters. The summed E-state index contributed by atoms with van der Waals surface area (Å²) in [6.07, 6.45) is 3.05. The van der Waals surface area contributed by atoms with Crippen LogP contribution in [0.1, 0.15) is 18.9 Å². The van der Waals surface area contributed by atoms with E-state index in [0.29, 0.717) is 5.56 Å². The van der Waals surface area contributed by atoms with Gasteiger partial charge in [0.1, 0.15) is 0 Å². The summed E-state index contributed by atoms with van der Waals surface area (Å²) < 4.78 is 9.37. The van der Waals surface area contributed by atoms with E-state index in [2.05, 4.69) is 4.74 Å². The fourth-order valence-electron chi connectivity index (χ4n) is 1.80. The Balaban J connectivity index is 2.86. The van der Waals surface area contributed by atoms with Gasteiger partial charge in [-0.05, 0) is 19.4 Å². The third kappa shape index (κ3) is 4.69. The maximum Gasteiger partial charge on any atom is 0.320 e. The number of hydrogen-bond acceptors (Lipinski definition) is 6. The molecule has 0 amide bonds. The molecule has 0 N–H and O–H groups in total. The fourth-order valence-corrected chi connectivity index (χ4v) is 1.80. The van der Waals surface area contributed by atoms with Gasteiger partial charge in [0.25, 0.3) is 5.69 Å². The van der Waals surface area contributed by atoms with Crippen molar-refractivity contribution >= 4 is 23.7 Å². The van der Waals surface area contributed by atoms with Gasteiger partial charge >= 0.3 is 11.9 Å². The minimum Gasteiger partial charge on any atom is -0.468 e. The van der Waals surface area contributed by atoms with Crippen molar-refractivity contribution in [2.45, 2.75) is 13.3 Å². The van der Waals surface area contributed by atoms with Crippen molar-refractivity contribution in [3.05, 3.63) is 46.0 Å². The van der Waals surface area contributed by atoms with Crippen molar-refractivity contribution in [3.8, 4) is 0 Å². The molecule has 1 aromatic rings. The zero-order chi connectivity index (χ0) is 16.5. The first kappa shape index (κ1) is 17.4. The molecule has 1 rings (SSSR count). The van der Waals surface area contributed by atoms with E-state index in [4.69, 9.17) is 4.74 Å². The number of nitro benzene ring substituents is 1. The molecular formula is C15H17NO6. The van der Waals surface area contributed by atoms with Crippen molar-refractivity contribution in [1.82, 2.24) is 0 Å². The van der Waals surface area contributed by atoms with Gasteiger partial charge in [-0.3, -0.25) is 19.7 Å². The first-order valence-electron chi connectivity index (χ1n) is 6.65. The Labute approximate surface area is 127 Å². The molecule has 7 heteroatoms. The van der Waals surface area contributed by atoms with Crippen LogP contribution in [0.5, 0.6) is 0 Å². The largest absolute Gasteiger partial charge is 0.468 e. The number of ether oxygens (including phenoxy) is 2. The van der Waals surface area contributed by atoms with Gasteiger partial charge in [0.2, 0.25) is 0 Å². The van der Waals surface area contributed by atoms with Crippen LogP contribution in [0.3, 0.4) is 0 Å². The number of hydrogen-bond donors (Lipinski definition) is 0. The molecule has 0 spiro atoms. The molecular weight excluding hydrogens is 290 g/mol. The molecule has 0 saturated heterocycles. The standard InChI is InChI=1S/C15H17NO6/c1-3-22-15(18)12(14(17)21-2)9-6-8-11-7-4-5-10-13(11)16(19)20/h4-8,10,12H,3,9H2,1-2H3/b8-6+. The highest BCUT2D eigenvalue weighted by Gasteiger charge is 2.27. The number of nitro groups is 1. The van der Waals surface area contributed by atoms with Gasteiger partial charge in [-0.25, -0.2) is 0 Å². The molecule has 0 heterocycles. The minimum atomic E-state index is -1.08. The minimum absolute atomic E-state index is 0.0392. The maximum atomic E-state index is 11.7. The van der Waals surface area contributed by atoms with Crippen molar-refractivity contribution in [1.29, 1.82) is 0 Å². The summed E-state index contributed by atoms with van der Waals surface area (Å²) in [6, 6.07) is 6.18. The lowest BCUT2D eigenvalue weighted by Crippen LogP contribution is -2.26. The number of methoxy groups -OCH3 is 1. The lowest BCUT2D eigenvalue weighted by atomic mass is 10.0. The van der Waals surface area contributed by atoms with Gasteiger partial charge in [-0.1, -0.05) is 24.3 Å². The number of nitrogens with zero attached hydrogens (tertiary/aromatic N) is 1. The van der Waals surface area contributed by atoms with Crippen LogP contribution in [0.15, 0.2) is 30.3 Å². The Morgan fingerprint density at radius 1 is 1.32 bits per heavy atom. The van der Waals surface area contributed by atoms with Gasteiger partial charge in [-0.2, -0.15) is 0 Å². The van der Waals surface area contributed by atoms with Gasteiger partial charge in [0, 0.05) is 6.07 Å². The van der Waals surface area contributed by atoms with Crippen LogP contribution in [0, 0.1) is 16.0 Å². The number of carbonyl (C=O) groups is 2. The van der Waals surface area contributed by atoms with Crippen LogP contribution >= 0.6 is 0 Å². The van der Waals surface area contributed by atoms with Crippen LogP contribution in [0.25, 0.3) is 6.08 Å². The molecule has 0 aliphatic rings. The van der Waals surface area contributed by atoms with Gasteiger partial charge in [0.05, 0.1) is 24.2 Å². The zero-order valence-corrected chi connectivity index (χ0v) is 12.4. The third-order valence-electron chi connectivity index (χ3n) is 2.86. The molecule has 0 radical (unpaired) electrons.